The molecule has 0 spiro atoms. The van der Waals surface area contributed by atoms with Crippen LogP contribution in [0.4, 0.5) is 0 Å². The Morgan fingerprint density at radius 3 is 2.46 bits per heavy atom. The van der Waals surface area contributed by atoms with E-state index in [4.69, 9.17) is 9.94 Å². The standard InChI is InChI=1S/C9H17NO3/c1-9(2,8(11)12)10-13-7-5-3-4-6-7/h7,10H,3-6H2,1-2H3,(H,11,12). The molecule has 0 radical (unpaired) electrons. The van der Waals surface area contributed by atoms with E-state index < -0.39 is 11.5 Å². The van der Waals surface area contributed by atoms with Gasteiger partial charge in [-0.15, -0.1) is 0 Å². The van der Waals surface area contributed by atoms with E-state index in [0.717, 1.165) is 12.8 Å². The van der Waals surface area contributed by atoms with Crippen LogP contribution in [0.5, 0.6) is 0 Å². The Morgan fingerprint density at radius 1 is 1.46 bits per heavy atom. The molecule has 0 aromatic rings. The van der Waals surface area contributed by atoms with E-state index in [2.05, 4.69) is 5.48 Å². The Bertz CT molecular complexity index is 185. The summed E-state index contributed by atoms with van der Waals surface area (Å²) in [6.45, 7) is 3.18. The minimum Gasteiger partial charge on any atom is -0.480 e. The summed E-state index contributed by atoms with van der Waals surface area (Å²) in [6, 6.07) is 0. The summed E-state index contributed by atoms with van der Waals surface area (Å²) in [4.78, 5) is 16.0. The summed E-state index contributed by atoms with van der Waals surface area (Å²) in [6.07, 6.45) is 4.61. The molecule has 2 N–H and O–H groups in total. The zero-order chi connectivity index (χ0) is 9.90. The predicted octanol–water partition coefficient (Wildman–Crippen LogP) is 1.31. The minimum absolute atomic E-state index is 0.193. The van der Waals surface area contributed by atoms with Crippen LogP contribution in [0.25, 0.3) is 0 Å². The van der Waals surface area contributed by atoms with Crippen molar-refractivity contribution in [3.05, 3.63) is 0 Å². The van der Waals surface area contributed by atoms with Crippen molar-refractivity contribution >= 4 is 5.97 Å². The second-order valence-electron chi connectivity index (χ2n) is 4.06. The summed E-state index contributed by atoms with van der Waals surface area (Å²) in [5.41, 5.74) is 1.60. The van der Waals surface area contributed by atoms with Gasteiger partial charge in [0.2, 0.25) is 0 Å². The molecule has 4 heteroatoms. The Hall–Kier alpha value is -0.610. The predicted molar refractivity (Wildman–Crippen MR) is 48.2 cm³/mol. The molecule has 1 aliphatic carbocycles. The molecular weight excluding hydrogens is 170 g/mol. The van der Waals surface area contributed by atoms with Crippen molar-refractivity contribution in [2.45, 2.75) is 51.2 Å². The molecule has 0 bridgehead atoms. The smallest absolute Gasteiger partial charge is 0.325 e. The van der Waals surface area contributed by atoms with Crippen LogP contribution in [0.2, 0.25) is 0 Å². The van der Waals surface area contributed by atoms with E-state index in [9.17, 15) is 4.79 Å². The largest absolute Gasteiger partial charge is 0.480 e. The van der Waals surface area contributed by atoms with Crippen molar-refractivity contribution in [1.29, 1.82) is 0 Å². The zero-order valence-electron chi connectivity index (χ0n) is 8.17. The summed E-state index contributed by atoms with van der Waals surface area (Å²) in [5, 5.41) is 8.77. The quantitative estimate of drug-likeness (QED) is 0.651. The molecule has 1 aliphatic rings. The molecule has 0 heterocycles. The van der Waals surface area contributed by atoms with Crippen LogP contribution in [0.15, 0.2) is 0 Å². The lowest BCUT2D eigenvalue weighted by Gasteiger charge is -2.22. The lowest BCUT2D eigenvalue weighted by Crippen LogP contribution is -2.47. The van der Waals surface area contributed by atoms with Crippen LogP contribution in [-0.2, 0) is 9.63 Å². The summed E-state index contributed by atoms with van der Waals surface area (Å²) in [5.74, 6) is -0.898. The van der Waals surface area contributed by atoms with Crippen molar-refractivity contribution in [3.8, 4) is 0 Å². The number of hydrogen-bond acceptors (Lipinski definition) is 3. The van der Waals surface area contributed by atoms with Crippen LogP contribution in [-0.4, -0.2) is 22.7 Å². The fourth-order valence-electron chi connectivity index (χ4n) is 1.28. The van der Waals surface area contributed by atoms with Gasteiger partial charge in [-0.1, -0.05) is 12.8 Å². The molecular formula is C9H17NO3. The van der Waals surface area contributed by atoms with Crippen LogP contribution >= 0.6 is 0 Å². The average molecular weight is 187 g/mol. The number of carboxylic acid groups (broad SMARTS) is 1. The molecule has 1 saturated carbocycles. The fraction of sp³-hybridized carbons (Fsp3) is 0.889. The van der Waals surface area contributed by atoms with Crippen LogP contribution in [0.1, 0.15) is 39.5 Å². The molecule has 0 unspecified atom stereocenters. The summed E-state index contributed by atoms with van der Waals surface area (Å²) in [7, 11) is 0. The maximum absolute atomic E-state index is 10.7. The van der Waals surface area contributed by atoms with Gasteiger partial charge in [-0.25, -0.2) is 0 Å². The molecule has 0 aromatic carbocycles. The van der Waals surface area contributed by atoms with E-state index in [1.165, 1.54) is 12.8 Å². The third-order valence-corrected chi connectivity index (χ3v) is 2.32. The summed E-state index contributed by atoms with van der Waals surface area (Å²) >= 11 is 0. The van der Waals surface area contributed by atoms with Crippen molar-refractivity contribution in [3.63, 3.8) is 0 Å². The Balaban J connectivity index is 2.28. The third-order valence-electron chi connectivity index (χ3n) is 2.32. The van der Waals surface area contributed by atoms with E-state index in [1.807, 2.05) is 0 Å². The van der Waals surface area contributed by atoms with E-state index >= 15 is 0 Å². The second kappa shape index (κ2) is 4.07. The van der Waals surface area contributed by atoms with Gasteiger partial charge in [-0.3, -0.25) is 9.63 Å². The number of hydrogen-bond donors (Lipinski definition) is 2. The first-order chi connectivity index (χ1) is 6.02. The molecule has 0 saturated heterocycles. The normalized spacial score (nSPS) is 19.2. The monoisotopic (exact) mass is 187 g/mol. The fourth-order valence-corrected chi connectivity index (χ4v) is 1.28. The lowest BCUT2D eigenvalue weighted by atomic mass is 10.1. The van der Waals surface area contributed by atoms with Crippen LogP contribution < -0.4 is 5.48 Å². The molecule has 76 valence electrons. The lowest BCUT2D eigenvalue weighted by molar-refractivity contribution is -0.153. The van der Waals surface area contributed by atoms with Crippen LogP contribution in [0.3, 0.4) is 0 Å². The Morgan fingerprint density at radius 2 is 2.00 bits per heavy atom. The first-order valence-corrected chi connectivity index (χ1v) is 4.68. The van der Waals surface area contributed by atoms with Gasteiger partial charge in [0, 0.05) is 0 Å². The van der Waals surface area contributed by atoms with E-state index in [1.54, 1.807) is 13.8 Å². The van der Waals surface area contributed by atoms with Gasteiger partial charge >= 0.3 is 5.97 Å². The van der Waals surface area contributed by atoms with Crippen molar-refractivity contribution in [2.75, 3.05) is 0 Å². The number of rotatable bonds is 4. The highest BCUT2D eigenvalue weighted by Crippen LogP contribution is 2.20. The van der Waals surface area contributed by atoms with Crippen molar-refractivity contribution < 1.29 is 14.7 Å². The molecule has 1 fully saturated rings. The second-order valence-corrected chi connectivity index (χ2v) is 4.06. The first kappa shape index (κ1) is 10.5. The molecule has 4 nitrogen and oxygen atoms in total. The molecule has 0 amide bonds. The topological polar surface area (TPSA) is 58.6 Å². The van der Waals surface area contributed by atoms with E-state index in [-0.39, 0.29) is 6.10 Å². The molecule has 0 aromatic heterocycles. The number of hydroxylamine groups is 1. The Labute approximate surface area is 78.2 Å². The van der Waals surface area contributed by atoms with Gasteiger partial charge < -0.3 is 5.11 Å². The maximum Gasteiger partial charge on any atom is 0.325 e. The number of aliphatic carboxylic acids is 1. The molecule has 0 aliphatic heterocycles. The first-order valence-electron chi connectivity index (χ1n) is 4.68. The maximum atomic E-state index is 10.7. The molecule has 0 atom stereocenters. The molecule has 1 rings (SSSR count). The van der Waals surface area contributed by atoms with Gasteiger partial charge in [-0.2, -0.15) is 5.48 Å². The number of nitrogens with one attached hydrogen (secondary N) is 1. The number of carbonyl (C=O) groups is 1. The third kappa shape index (κ3) is 2.97. The van der Waals surface area contributed by atoms with Gasteiger partial charge in [0.15, 0.2) is 0 Å². The van der Waals surface area contributed by atoms with Crippen LogP contribution in [0, 0.1) is 0 Å². The van der Waals surface area contributed by atoms with Crippen molar-refractivity contribution in [2.24, 2.45) is 0 Å². The average Bonchev–Trinajstić information content (AvgIpc) is 2.52. The summed E-state index contributed by atoms with van der Waals surface area (Å²) < 4.78 is 0. The van der Waals surface area contributed by atoms with Gasteiger partial charge in [0.05, 0.1) is 6.10 Å². The highest BCUT2D eigenvalue weighted by Gasteiger charge is 2.28. The SMILES string of the molecule is CC(C)(NOC1CCCC1)C(=O)O. The minimum atomic E-state index is -0.997. The zero-order valence-corrected chi connectivity index (χ0v) is 8.17. The number of carboxylic acids is 1. The van der Waals surface area contributed by atoms with Gasteiger partial charge in [0.1, 0.15) is 5.54 Å². The van der Waals surface area contributed by atoms with Gasteiger partial charge in [-0.05, 0) is 26.7 Å². The highest BCUT2D eigenvalue weighted by molar-refractivity contribution is 5.77. The molecule has 13 heavy (non-hydrogen) atoms. The van der Waals surface area contributed by atoms with E-state index in [0.29, 0.717) is 0 Å². The highest BCUT2D eigenvalue weighted by atomic mass is 16.7. The van der Waals surface area contributed by atoms with Gasteiger partial charge in [0.25, 0.3) is 0 Å². The Kier molecular flexibility index (Phi) is 3.27. The van der Waals surface area contributed by atoms with Crippen molar-refractivity contribution in [1.82, 2.24) is 5.48 Å².